The minimum atomic E-state index is -5.51. The van der Waals surface area contributed by atoms with Crippen molar-refractivity contribution >= 4 is 15.6 Å². The number of aliphatic hydroxyl groups excluding tert-OH is 5. The van der Waals surface area contributed by atoms with Gasteiger partial charge in [0.15, 0.2) is 6.23 Å². The molecule has 10 atom stereocenters. The molecule has 206 valence electrons. The summed E-state index contributed by atoms with van der Waals surface area (Å²) in [7, 11) is -11.0. The lowest BCUT2D eigenvalue weighted by atomic mass is 10.1. The number of aromatic nitrogens is 2. The van der Waals surface area contributed by atoms with Gasteiger partial charge in [-0.3, -0.25) is 23.4 Å². The number of phosphoric acid groups is 2. The quantitative estimate of drug-likeness (QED) is 0.120. The van der Waals surface area contributed by atoms with Gasteiger partial charge in [0, 0.05) is 12.3 Å². The maximum atomic E-state index is 12.1. The Bertz CT molecular complexity index is 1140. The van der Waals surface area contributed by atoms with Gasteiger partial charge >= 0.3 is 21.3 Å². The molecule has 2 aliphatic heterocycles. The Morgan fingerprint density at radius 1 is 1.03 bits per heavy atom. The van der Waals surface area contributed by atoms with Crippen LogP contribution in [0.3, 0.4) is 0 Å². The highest BCUT2D eigenvalue weighted by Crippen LogP contribution is 2.61. The molecule has 9 N–H and O–H groups in total. The Labute approximate surface area is 199 Å². The van der Waals surface area contributed by atoms with Crippen LogP contribution < -0.4 is 11.2 Å². The zero-order valence-corrected chi connectivity index (χ0v) is 19.7. The number of nitrogens with zero attached hydrogens (tertiary/aromatic N) is 1. The highest BCUT2D eigenvalue weighted by molar-refractivity contribution is 7.61. The van der Waals surface area contributed by atoms with Crippen LogP contribution in [0.4, 0.5) is 0 Å². The van der Waals surface area contributed by atoms with Gasteiger partial charge in [-0.05, 0) is 0 Å². The van der Waals surface area contributed by atoms with Crippen LogP contribution in [-0.2, 0) is 32.0 Å². The van der Waals surface area contributed by atoms with E-state index in [1.54, 1.807) is 0 Å². The number of hydrogen-bond donors (Lipinski definition) is 9. The van der Waals surface area contributed by atoms with Crippen molar-refractivity contribution in [3.05, 3.63) is 33.1 Å². The average Bonchev–Trinajstić information content (AvgIpc) is 3.18. The van der Waals surface area contributed by atoms with Gasteiger partial charge < -0.3 is 49.9 Å². The van der Waals surface area contributed by atoms with Gasteiger partial charge in [0.2, 0.25) is 5.79 Å². The average molecular weight is 566 g/mol. The number of ether oxygens (including phenoxy) is 2. The van der Waals surface area contributed by atoms with E-state index in [0.29, 0.717) is 0 Å². The summed E-state index contributed by atoms with van der Waals surface area (Å²) < 4.78 is 47.7. The Kier molecular flexibility index (Phi) is 8.73. The molecule has 0 aromatic carbocycles. The summed E-state index contributed by atoms with van der Waals surface area (Å²) in [5.74, 6) is -2.79. The Balaban J connectivity index is 1.58. The Morgan fingerprint density at radius 2 is 1.67 bits per heavy atom. The van der Waals surface area contributed by atoms with Crippen LogP contribution >= 0.6 is 15.6 Å². The summed E-state index contributed by atoms with van der Waals surface area (Å²) in [6.45, 7) is -3.21. The summed E-state index contributed by atoms with van der Waals surface area (Å²) in [6.07, 6.45) is -11.0. The third-order valence-electron chi connectivity index (χ3n) is 5.21. The van der Waals surface area contributed by atoms with E-state index in [-0.39, 0.29) is 0 Å². The summed E-state index contributed by atoms with van der Waals surface area (Å²) >= 11 is 0. The summed E-state index contributed by atoms with van der Waals surface area (Å²) in [5.41, 5.74) is -1.74. The van der Waals surface area contributed by atoms with Crippen LogP contribution in [0.5, 0.6) is 0 Å². The van der Waals surface area contributed by atoms with Gasteiger partial charge in [0.1, 0.15) is 43.2 Å². The second-order valence-corrected chi connectivity index (χ2v) is 10.8. The molecule has 0 aliphatic carbocycles. The molecule has 1 aromatic rings. The van der Waals surface area contributed by atoms with Crippen molar-refractivity contribution in [2.45, 2.75) is 48.6 Å². The number of H-pyrrole nitrogens is 1. The van der Waals surface area contributed by atoms with E-state index in [1.807, 2.05) is 4.98 Å². The molecular weight excluding hydrogens is 542 g/mol. The highest BCUT2D eigenvalue weighted by Gasteiger charge is 2.55. The lowest BCUT2D eigenvalue weighted by Gasteiger charge is -2.26. The minimum absolute atomic E-state index is 0.725. The molecule has 0 spiro atoms. The van der Waals surface area contributed by atoms with Crippen molar-refractivity contribution in [3.8, 4) is 0 Å². The fourth-order valence-electron chi connectivity index (χ4n) is 3.38. The van der Waals surface area contributed by atoms with Crippen molar-refractivity contribution in [3.63, 3.8) is 0 Å². The molecule has 2 aliphatic rings. The molecule has 1 aromatic heterocycles. The highest BCUT2D eigenvalue weighted by atomic mass is 31.3. The van der Waals surface area contributed by atoms with Crippen molar-refractivity contribution < 1.29 is 72.4 Å². The first-order chi connectivity index (χ1) is 16.6. The normalized spacial score (nSPS) is 38.1. The van der Waals surface area contributed by atoms with E-state index in [9.17, 15) is 54.0 Å². The number of hydrogen-bond acceptors (Lipinski definition) is 15. The number of nitrogens with one attached hydrogen (secondary N) is 1. The third-order valence-corrected chi connectivity index (χ3v) is 7.79. The second-order valence-electron chi connectivity index (χ2n) is 7.77. The molecule has 2 unspecified atom stereocenters. The molecular formula is C15H24N2O17P2. The summed E-state index contributed by atoms with van der Waals surface area (Å²) in [5, 5.41) is 58.8. The minimum Gasteiger partial charge on any atom is -0.394 e. The molecule has 36 heavy (non-hydrogen) atoms. The molecule has 19 nitrogen and oxygen atoms in total. The SMILES string of the molecule is O=c1ccn([C@@H]2O[C@H](COP(=O)(O)OP(=O)(O)OC[C@@]3(O)O[C@H](CO)[C@@H](O)[C@@H]3O)[C@@H](O)[C@H]2O)c(=O)[nH]1. The maximum Gasteiger partial charge on any atom is 0.481 e. The standard InChI is InChI=1S/C15H24N2O17P2/c18-3-6-10(21)12(23)15(25,33-6)5-31-36(28,29)34-35(26,27)30-4-7-9(20)11(22)13(32-7)17-2-1-8(19)16-14(17)24/h1-2,6-7,9-13,18,20-23,25H,3-5H2,(H,26,27)(H,28,29)(H,16,19,24)/t6-,7-,9-,10-,11-,12+,13-,15-/m1/s1. The van der Waals surface area contributed by atoms with Gasteiger partial charge in [0.05, 0.1) is 13.2 Å². The van der Waals surface area contributed by atoms with Crippen LogP contribution in [0.2, 0.25) is 0 Å². The predicted octanol–water partition coefficient (Wildman–Crippen LogP) is -4.79. The van der Waals surface area contributed by atoms with E-state index in [2.05, 4.69) is 13.4 Å². The Morgan fingerprint density at radius 3 is 2.25 bits per heavy atom. The molecule has 3 heterocycles. The largest absolute Gasteiger partial charge is 0.481 e. The zero-order valence-electron chi connectivity index (χ0n) is 17.9. The predicted molar refractivity (Wildman–Crippen MR) is 109 cm³/mol. The first-order valence-corrected chi connectivity index (χ1v) is 12.9. The van der Waals surface area contributed by atoms with Crippen molar-refractivity contribution in [2.75, 3.05) is 19.8 Å². The van der Waals surface area contributed by atoms with Crippen LogP contribution in [0.1, 0.15) is 6.23 Å². The monoisotopic (exact) mass is 566 g/mol. The number of rotatable bonds is 10. The molecule has 0 amide bonds. The third kappa shape index (κ3) is 6.36. The lowest BCUT2D eigenvalue weighted by molar-refractivity contribution is -0.245. The Hall–Kier alpha value is -1.38. The van der Waals surface area contributed by atoms with Gasteiger partial charge in [-0.2, -0.15) is 4.31 Å². The van der Waals surface area contributed by atoms with Gasteiger partial charge in [-0.1, -0.05) is 0 Å². The first kappa shape index (κ1) is 29.2. The van der Waals surface area contributed by atoms with Crippen LogP contribution in [0.15, 0.2) is 21.9 Å². The molecule has 2 saturated heterocycles. The van der Waals surface area contributed by atoms with Crippen LogP contribution in [-0.4, -0.2) is 112 Å². The van der Waals surface area contributed by atoms with Gasteiger partial charge in [0.25, 0.3) is 5.56 Å². The van der Waals surface area contributed by atoms with E-state index < -0.39 is 95.4 Å². The van der Waals surface area contributed by atoms with Crippen LogP contribution in [0.25, 0.3) is 0 Å². The molecule has 0 saturated carbocycles. The van der Waals surface area contributed by atoms with E-state index in [0.717, 1.165) is 16.8 Å². The zero-order chi connectivity index (χ0) is 27.1. The van der Waals surface area contributed by atoms with Crippen molar-refractivity contribution in [1.29, 1.82) is 0 Å². The lowest BCUT2D eigenvalue weighted by Crippen LogP contribution is -2.46. The van der Waals surface area contributed by atoms with E-state index in [4.69, 9.17) is 14.6 Å². The summed E-state index contributed by atoms with van der Waals surface area (Å²) in [4.78, 5) is 44.4. The first-order valence-electron chi connectivity index (χ1n) is 9.95. The van der Waals surface area contributed by atoms with Crippen molar-refractivity contribution in [1.82, 2.24) is 9.55 Å². The van der Waals surface area contributed by atoms with E-state index >= 15 is 0 Å². The number of aromatic amines is 1. The molecule has 2 fully saturated rings. The number of aliphatic hydroxyl groups is 6. The molecule has 21 heteroatoms. The maximum absolute atomic E-state index is 12.1. The molecule has 0 bridgehead atoms. The summed E-state index contributed by atoms with van der Waals surface area (Å²) in [6, 6.07) is 0.930. The molecule has 3 rings (SSSR count). The molecule has 0 radical (unpaired) electrons. The number of phosphoric ester groups is 2. The van der Waals surface area contributed by atoms with Crippen LogP contribution in [0, 0.1) is 0 Å². The van der Waals surface area contributed by atoms with E-state index in [1.165, 1.54) is 0 Å². The second kappa shape index (κ2) is 10.8. The van der Waals surface area contributed by atoms with Gasteiger partial charge in [-0.15, -0.1) is 0 Å². The topological polar surface area (TPSA) is 297 Å². The fraction of sp³-hybridized carbons (Fsp3) is 0.733. The fourth-order valence-corrected chi connectivity index (χ4v) is 5.48. The van der Waals surface area contributed by atoms with Crippen molar-refractivity contribution in [2.24, 2.45) is 0 Å². The van der Waals surface area contributed by atoms with Gasteiger partial charge in [-0.25, -0.2) is 13.9 Å². The smallest absolute Gasteiger partial charge is 0.394 e.